The lowest BCUT2D eigenvalue weighted by Crippen LogP contribution is -2.30. The van der Waals surface area contributed by atoms with Gasteiger partial charge in [-0.3, -0.25) is 4.79 Å². The smallest absolute Gasteiger partial charge is 0.306 e. The third-order valence-electron chi connectivity index (χ3n) is 7.86. The molecule has 0 bridgehead atoms. The van der Waals surface area contributed by atoms with Crippen molar-refractivity contribution in [3.8, 4) is 0 Å². The van der Waals surface area contributed by atoms with E-state index < -0.39 is 5.97 Å². The maximum Gasteiger partial charge on any atom is 0.306 e. The third-order valence-corrected chi connectivity index (χ3v) is 7.86. The average Bonchev–Trinajstić information content (AvgIpc) is 2.63. The minimum absolute atomic E-state index is 0.0455. The molecule has 0 amide bonds. The summed E-state index contributed by atoms with van der Waals surface area (Å²) < 4.78 is 0. The van der Waals surface area contributed by atoms with Crippen LogP contribution in [0.15, 0.2) is 0 Å². The minimum Gasteiger partial charge on any atom is -0.481 e. The van der Waals surface area contributed by atoms with Crippen molar-refractivity contribution in [2.75, 3.05) is 0 Å². The Bertz CT molecular complexity index is 381. The molecule has 0 aromatic rings. The Kier molecular flexibility index (Phi) is 6.63. The highest BCUT2D eigenvalue weighted by molar-refractivity contribution is 5.69. The van der Waals surface area contributed by atoms with Crippen LogP contribution in [0, 0.1) is 35.5 Å². The monoisotopic (exact) mass is 334 g/mol. The molecular weight excluding hydrogens is 296 g/mol. The number of carboxylic acid groups (broad SMARTS) is 1. The largest absolute Gasteiger partial charge is 0.481 e. The summed E-state index contributed by atoms with van der Waals surface area (Å²) in [5.41, 5.74) is 0. The van der Waals surface area contributed by atoms with Gasteiger partial charge in [0.25, 0.3) is 0 Å². The second kappa shape index (κ2) is 8.72. The van der Waals surface area contributed by atoms with Crippen LogP contribution in [0.25, 0.3) is 0 Å². The standard InChI is InChI=1S/C22H38O2/c1-2-3-16-4-6-17(7-5-16)18-8-10-19(11-9-18)20-12-14-21(15-13-20)22(23)24/h16-21H,2-15H2,1H3,(H,23,24)/t16-,17-,18?,19?,20-,21+. The lowest BCUT2D eigenvalue weighted by atomic mass is 9.65. The van der Waals surface area contributed by atoms with Gasteiger partial charge in [-0.1, -0.05) is 32.6 Å². The van der Waals surface area contributed by atoms with E-state index in [-0.39, 0.29) is 5.92 Å². The molecule has 3 saturated carbocycles. The highest BCUT2D eigenvalue weighted by Crippen LogP contribution is 2.46. The van der Waals surface area contributed by atoms with Crippen LogP contribution in [0.2, 0.25) is 0 Å². The molecule has 1 N–H and O–H groups in total. The third kappa shape index (κ3) is 4.55. The number of aliphatic carboxylic acids is 1. The molecule has 0 aliphatic heterocycles. The summed E-state index contributed by atoms with van der Waals surface area (Å²) in [4.78, 5) is 11.1. The Balaban J connectivity index is 1.38. The Morgan fingerprint density at radius 2 is 1.08 bits per heavy atom. The molecule has 3 fully saturated rings. The van der Waals surface area contributed by atoms with Crippen LogP contribution >= 0.6 is 0 Å². The van der Waals surface area contributed by atoms with Gasteiger partial charge in [0.1, 0.15) is 0 Å². The van der Waals surface area contributed by atoms with E-state index in [1.165, 1.54) is 77.0 Å². The first kappa shape index (κ1) is 18.3. The summed E-state index contributed by atoms with van der Waals surface area (Å²) >= 11 is 0. The van der Waals surface area contributed by atoms with Gasteiger partial charge < -0.3 is 5.11 Å². The molecule has 138 valence electrons. The minimum atomic E-state index is -0.559. The van der Waals surface area contributed by atoms with E-state index in [1.54, 1.807) is 0 Å². The summed E-state index contributed by atoms with van der Waals surface area (Å²) in [6, 6.07) is 0. The van der Waals surface area contributed by atoms with E-state index in [0.29, 0.717) is 0 Å². The van der Waals surface area contributed by atoms with Gasteiger partial charge in [0, 0.05) is 0 Å². The normalized spacial score (nSPS) is 41.0. The predicted molar refractivity (Wildman–Crippen MR) is 98.9 cm³/mol. The molecule has 2 nitrogen and oxygen atoms in total. The van der Waals surface area contributed by atoms with Crippen molar-refractivity contribution in [1.82, 2.24) is 0 Å². The van der Waals surface area contributed by atoms with E-state index in [4.69, 9.17) is 5.11 Å². The molecule has 0 heterocycles. The topological polar surface area (TPSA) is 37.3 Å². The summed E-state index contributed by atoms with van der Waals surface area (Å²) in [5, 5.41) is 9.17. The molecule has 24 heavy (non-hydrogen) atoms. The van der Waals surface area contributed by atoms with Crippen molar-refractivity contribution in [3.63, 3.8) is 0 Å². The maximum absolute atomic E-state index is 11.1. The zero-order chi connectivity index (χ0) is 16.9. The van der Waals surface area contributed by atoms with Crippen molar-refractivity contribution in [2.24, 2.45) is 35.5 Å². The van der Waals surface area contributed by atoms with E-state index >= 15 is 0 Å². The van der Waals surface area contributed by atoms with Crippen LogP contribution < -0.4 is 0 Å². The molecule has 0 radical (unpaired) electrons. The first-order valence-corrected chi connectivity index (χ1v) is 10.9. The van der Waals surface area contributed by atoms with E-state index in [2.05, 4.69) is 6.92 Å². The van der Waals surface area contributed by atoms with Gasteiger partial charge in [0.15, 0.2) is 0 Å². The van der Waals surface area contributed by atoms with Gasteiger partial charge >= 0.3 is 5.97 Å². The SMILES string of the molecule is CCC[C@H]1CC[C@H](C2CCC([C@H]3CC[C@@H](C(=O)O)CC3)CC2)CC1. The number of hydrogen-bond acceptors (Lipinski definition) is 1. The van der Waals surface area contributed by atoms with Crippen LogP contribution in [0.3, 0.4) is 0 Å². The Morgan fingerprint density at radius 3 is 1.46 bits per heavy atom. The van der Waals surface area contributed by atoms with Gasteiger partial charge in [0.05, 0.1) is 5.92 Å². The van der Waals surface area contributed by atoms with Gasteiger partial charge in [-0.2, -0.15) is 0 Å². The molecule has 3 aliphatic rings. The number of carbonyl (C=O) groups is 1. The number of hydrogen-bond donors (Lipinski definition) is 1. The lowest BCUT2D eigenvalue weighted by molar-refractivity contribution is -0.143. The second-order valence-corrected chi connectivity index (χ2v) is 9.19. The predicted octanol–water partition coefficient (Wildman–Crippen LogP) is 6.29. The molecule has 0 atom stereocenters. The summed E-state index contributed by atoms with van der Waals surface area (Å²) in [6.45, 7) is 2.33. The Labute approximate surface area is 148 Å². The molecule has 0 spiro atoms. The van der Waals surface area contributed by atoms with Gasteiger partial charge in [-0.05, 0) is 93.8 Å². The molecule has 0 aromatic heterocycles. The molecular formula is C22H38O2. The lowest BCUT2D eigenvalue weighted by Gasteiger charge is -2.41. The van der Waals surface area contributed by atoms with Crippen LogP contribution in [0.1, 0.15) is 96.8 Å². The first-order chi connectivity index (χ1) is 11.7. The second-order valence-electron chi connectivity index (χ2n) is 9.19. The van der Waals surface area contributed by atoms with Crippen LogP contribution in [-0.4, -0.2) is 11.1 Å². The zero-order valence-corrected chi connectivity index (χ0v) is 15.7. The highest BCUT2D eigenvalue weighted by atomic mass is 16.4. The van der Waals surface area contributed by atoms with E-state index in [9.17, 15) is 4.79 Å². The quantitative estimate of drug-likeness (QED) is 0.641. The van der Waals surface area contributed by atoms with Gasteiger partial charge in [-0.25, -0.2) is 0 Å². The van der Waals surface area contributed by atoms with E-state index in [0.717, 1.165) is 42.4 Å². The van der Waals surface area contributed by atoms with Gasteiger partial charge in [0.2, 0.25) is 0 Å². The summed E-state index contributed by atoms with van der Waals surface area (Å²) in [5.74, 6) is 4.22. The molecule has 2 heteroatoms. The maximum atomic E-state index is 11.1. The summed E-state index contributed by atoms with van der Waals surface area (Å²) in [6.07, 6.45) is 18.8. The fourth-order valence-corrected chi connectivity index (χ4v) is 6.28. The van der Waals surface area contributed by atoms with Crippen LogP contribution in [-0.2, 0) is 4.79 Å². The Morgan fingerprint density at radius 1 is 0.708 bits per heavy atom. The van der Waals surface area contributed by atoms with Crippen molar-refractivity contribution in [1.29, 1.82) is 0 Å². The Hall–Kier alpha value is -0.530. The van der Waals surface area contributed by atoms with Crippen LogP contribution in [0.5, 0.6) is 0 Å². The fourth-order valence-electron chi connectivity index (χ4n) is 6.28. The summed E-state index contributed by atoms with van der Waals surface area (Å²) in [7, 11) is 0. The zero-order valence-electron chi connectivity index (χ0n) is 15.7. The highest BCUT2D eigenvalue weighted by Gasteiger charge is 2.35. The molecule has 0 unspecified atom stereocenters. The first-order valence-electron chi connectivity index (χ1n) is 10.9. The molecule has 0 aromatic carbocycles. The van der Waals surface area contributed by atoms with Crippen LogP contribution in [0.4, 0.5) is 0 Å². The van der Waals surface area contributed by atoms with E-state index in [1.807, 2.05) is 0 Å². The van der Waals surface area contributed by atoms with Gasteiger partial charge in [-0.15, -0.1) is 0 Å². The molecule has 3 aliphatic carbocycles. The average molecular weight is 335 g/mol. The van der Waals surface area contributed by atoms with Crippen molar-refractivity contribution < 1.29 is 9.90 Å². The number of carboxylic acids is 1. The van der Waals surface area contributed by atoms with Crippen molar-refractivity contribution in [3.05, 3.63) is 0 Å². The molecule has 3 rings (SSSR count). The fraction of sp³-hybridized carbons (Fsp3) is 0.955. The van der Waals surface area contributed by atoms with Crippen molar-refractivity contribution >= 4 is 5.97 Å². The van der Waals surface area contributed by atoms with Crippen molar-refractivity contribution in [2.45, 2.75) is 96.8 Å². The molecule has 0 saturated heterocycles. The number of rotatable bonds is 5.